The number of rotatable bonds is 2. The molecule has 2 aromatic rings. The number of nitrogens with two attached hydrogens (primary N) is 1. The van der Waals surface area contributed by atoms with Crippen molar-refractivity contribution in [2.75, 3.05) is 12.3 Å². The molecule has 3 atom stereocenters. The highest BCUT2D eigenvalue weighted by atomic mass is 16.5. The Morgan fingerprint density at radius 2 is 2.40 bits per heavy atom. The molecule has 20 heavy (non-hydrogen) atoms. The first kappa shape index (κ1) is 12.8. The summed E-state index contributed by atoms with van der Waals surface area (Å²) < 4.78 is 7.63. The van der Waals surface area contributed by atoms with Crippen LogP contribution in [-0.2, 0) is 4.74 Å². The Labute approximate surface area is 115 Å². The van der Waals surface area contributed by atoms with E-state index in [0.29, 0.717) is 16.6 Å². The zero-order valence-corrected chi connectivity index (χ0v) is 11.0. The maximum atomic E-state index is 9.23. The molecule has 2 aromatic heterocycles. The number of hydrogen-bond donors (Lipinski definition) is 2. The number of aliphatic hydroxyl groups is 1. The lowest BCUT2D eigenvalue weighted by atomic mass is 10.1. The van der Waals surface area contributed by atoms with Gasteiger partial charge in [-0.05, 0) is 6.42 Å². The van der Waals surface area contributed by atoms with Crippen LogP contribution in [0.25, 0.3) is 11.0 Å². The number of aromatic nitrogens is 3. The minimum atomic E-state index is -0.258. The van der Waals surface area contributed by atoms with Crippen molar-refractivity contribution in [1.29, 1.82) is 5.26 Å². The van der Waals surface area contributed by atoms with Gasteiger partial charge in [-0.3, -0.25) is 0 Å². The van der Waals surface area contributed by atoms with Gasteiger partial charge >= 0.3 is 0 Å². The number of aliphatic hydroxyl groups excluding tert-OH is 1. The molecule has 1 aliphatic rings. The molecule has 2 unspecified atom stereocenters. The number of anilines is 1. The Kier molecular flexibility index (Phi) is 3.04. The van der Waals surface area contributed by atoms with E-state index in [2.05, 4.69) is 16.0 Å². The Balaban J connectivity index is 2.14. The van der Waals surface area contributed by atoms with Crippen LogP contribution < -0.4 is 5.73 Å². The zero-order valence-electron chi connectivity index (χ0n) is 11.0. The van der Waals surface area contributed by atoms with Crippen molar-refractivity contribution < 1.29 is 9.84 Å². The van der Waals surface area contributed by atoms with Crippen LogP contribution in [0.15, 0.2) is 12.5 Å². The zero-order chi connectivity index (χ0) is 14.3. The normalized spacial score (nSPS) is 25.9. The third-order valence-electron chi connectivity index (χ3n) is 3.69. The number of fused-ring (bicyclic) bond motifs is 1. The average Bonchev–Trinajstić information content (AvgIpc) is 3.00. The van der Waals surface area contributed by atoms with Gasteiger partial charge in [-0.2, -0.15) is 5.26 Å². The van der Waals surface area contributed by atoms with Gasteiger partial charge in [0.15, 0.2) is 0 Å². The van der Waals surface area contributed by atoms with Crippen molar-refractivity contribution in [3.8, 4) is 6.07 Å². The highest BCUT2D eigenvalue weighted by Crippen LogP contribution is 2.37. The third-order valence-corrected chi connectivity index (χ3v) is 3.69. The molecule has 7 nitrogen and oxygen atoms in total. The molecule has 0 saturated carbocycles. The minimum Gasteiger partial charge on any atom is -0.394 e. The fourth-order valence-corrected chi connectivity index (χ4v) is 2.76. The van der Waals surface area contributed by atoms with E-state index < -0.39 is 0 Å². The standard InChI is InChI=1S/C13H15N5O2/c1-7-2-9(5-19)20-13(7)18-4-8(3-14)10-11(15)16-6-17-12(10)18/h4,6-7,9,13,19H,2,5H2,1H3,(H2,15,16,17)/t7-,9?,13?/m0/s1. The highest BCUT2D eigenvalue weighted by Gasteiger charge is 2.34. The van der Waals surface area contributed by atoms with Gasteiger partial charge in [0.05, 0.1) is 23.7 Å². The minimum absolute atomic E-state index is 0.0116. The Morgan fingerprint density at radius 1 is 1.60 bits per heavy atom. The first-order valence-corrected chi connectivity index (χ1v) is 6.43. The predicted octanol–water partition coefficient (Wildman–Crippen LogP) is 0.801. The SMILES string of the molecule is C[C@H]1CC(CO)OC1n1cc(C#N)c2c(N)ncnc21. The molecule has 1 fully saturated rings. The molecule has 0 amide bonds. The summed E-state index contributed by atoms with van der Waals surface area (Å²) in [6.45, 7) is 2.03. The predicted molar refractivity (Wildman–Crippen MR) is 71.4 cm³/mol. The molecule has 1 saturated heterocycles. The van der Waals surface area contributed by atoms with Crippen molar-refractivity contribution in [3.05, 3.63) is 18.1 Å². The number of nitriles is 1. The summed E-state index contributed by atoms with van der Waals surface area (Å²) in [5.74, 6) is 0.500. The molecular formula is C13H15N5O2. The fourth-order valence-electron chi connectivity index (χ4n) is 2.76. The van der Waals surface area contributed by atoms with Crippen LogP contribution >= 0.6 is 0 Å². The molecular weight excluding hydrogens is 258 g/mol. The molecule has 0 bridgehead atoms. The van der Waals surface area contributed by atoms with Gasteiger partial charge in [-0.1, -0.05) is 6.92 Å². The van der Waals surface area contributed by atoms with Gasteiger partial charge in [-0.25, -0.2) is 9.97 Å². The third kappa shape index (κ3) is 1.81. The lowest BCUT2D eigenvalue weighted by Gasteiger charge is -2.17. The summed E-state index contributed by atoms with van der Waals surface area (Å²) in [6, 6.07) is 2.11. The number of nitrogens with zero attached hydrogens (tertiary/aromatic N) is 4. The number of nitrogen functional groups attached to an aromatic ring is 1. The van der Waals surface area contributed by atoms with Crippen molar-refractivity contribution in [2.45, 2.75) is 25.7 Å². The summed E-state index contributed by atoms with van der Waals surface area (Å²) in [7, 11) is 0. The van der Waals surface area contributed by atoms with E-state index in [1.807, 2.05) is 11.5 Å². The topological polar surface area (TPSA) is 110 Å². The molecule has 7 heteroatoms. The van der Waals surface area contributed by atoms with Crippen molar-refractivity contribution in [3.63, 3.8) is 0 Å². The van der Waals surface area contributed by atoms with E-state index in [0.717, 1.165) is 6.42 Å². The number of hydrogen-bond acceptors (Lipinski definition) is 6. The Morgan fingerprint density at radius 3 is 3.05 bits per heavy atom. The van der Waals surface area contributed by atoms with E-state index in [1.54, 1.807) is 6.20 Å². The first-order valence-electron chi connectivity index (χ1n) is 6.43. The first-order chi connectivity index (χ1) is 9.65. The number of ether oxygens (including phenoxy) is 1. The molecule has 3 rings (SSSR count). The van der Waals surface area contributed by atoms with Crippen LogP contribution in [0.2, 0.25) is 0 Å². The molecule has 1 aliphatic heterocycles. The van der Waals surface area contributed by atoms with Crippen LogP contribution in [0, 0.1) is 17.2 Å². The summed E-state index contributed by atoms with van der Waals surface area (Å²) in [5, 5.41) is 19.0. The second-order valence-corrected chi connectivity index (χ2v) is 5.06. The van der Waals surface area contributed by atoms with Crippen LogP contribution in [-0.4, -0.2) is 32.4 Å². The summed E-state index contributed by atoms with van der Waals surface area (Å²) >= 11 is 0. The molecule has 104 valence electrons. The fraction of sp³-hybridized carbons (Fsp3) is 0.462. The summed E-state index contributed by atoms with van der Waals surface area (Å²) in [5.41, 5.74) is 6.86. The Bertz CT molecular complexity index is 690. The molecule has 3 heterocycles. The van der Waals surface area contributed by atoms with E-state index in [4.69, 9.17) is 10.5 Å². The van der Waals surface area contributed by atoms with Gasteiger partial charge in [0, 0.05) is 12.1 Å². The van der Waals surface area contributed by atoms with Gasteiger partial charge in [0.25, 0.3) is 0 Å². The van der Waals surface area contributed by atoms with Crippen molar-refractivity contribution in [2.24, 2.45) is 5.92 Å². The van der Waals surface area contributed by atoms with Gasteiger partial charge in [0.1, 0.15) is 30.1 Å². The van der Waals surface area contributed by atoms with Gasteiger partial charge < -0.3 is 20.1 Å². The summed E-state index contributed by atoms with van der Waals surface area (Å²) in [6.07, 6.45) is 3.39. The molecule has 0 aromatic carbocycles. The molecule has 0 radical (unpaired) electrons. The van der Waals surface area contributed by atoms with E-state index in [1.165, 1.54) is 6.33 Å². The Hall–Kier alpha value is -2.17. The van der Waals surface area contributed by atoms with E-state index in [-0.39, 0.29) is 30.7 Å². The van der Waals surface area contributed by atoms with Gasteiger partial charge in [0.2, 0.25) is 0 Å². The van der Waals surface area contributed by atoms with Crippen LogP contribution in [0.3, 0.4) is 0 Å². The van der Waals surface area contributed by atoms with Gasteiger partial charge in [-0.15, -0.1) is 0 Å². The van der Waals surface area contributed by atoms with Crippen molar-refractivity contribution >= 4 is 16.9 Å². The largest absolute Gasteiger partial charge is 0.394 e. The van der Waals surface area contributed by atoms with E-state index >= 15 is 0 Å². The summed E-state index contributed by atoms with van der Waals surface area (Å²) in [4.78, 5) is 8.15. The maximum Gasteiger partial charge on any atom is 0.148 e. The van der Waals surface area contributed by atoms with Crippen LogP contribution in [0.1, 0.15) is 25.1 Å². The second-order valence-electron chi connectivity index (χ2n) is 5.06. The smallest absolute Gasteiger partial charge is 0.148 e. The molecule has 0 aliphatic carbocycles. The molecule has 0 spiro atoms. The van der Waals surface area contributed by atoms with E-state index in [9.17, 15) is 10.4 Å². The molecule has 3 N–H and O–H groups in total. The maximum absolute atomic E-state index is 9.23. The quantitative estimate of drug-likeness (QED) is 0.837. The van der Waals surface area contributed by atoms with Crippen LogP contribution in [0.5, 0.6) is 0 Å². The van der Waals surface area contributed by atoms with Crippen LogP contribution in [0.4, 0.5) is 5.82 Å². The lowest BCUT2D eigenvalue weighted by molar-refractivity contribution is -0.0291. The monoisotopic (exact) mass is 273 g/mol. The average molecular weight is 273 g/mol. The highest BCUT2D eigenvalue weighted by molar-refractivity contribution is 5.91. The second kappa shape index (κ2) is 4.74. The lowest BCUT2D eigenvalue weighted by Crippen LogP contribution is -2.15. The van der Waals surface area contributed by atoms with Crippen molar-refractivity contribution in [1.82, 2.24) is 14.5 Å².